The lowest BCUT2D eigenvalue weighted by Gasteiger charge is -2.56. The lowest BCUT2D eigenvalue weighted by molar-refractivity contribution is -0.171. The Morgan fingerprint density at radius 1 is 1.08 bits per heavy atom. The van der Waals surface area contributed by atoms with Crippen molar-refractivity contribution in [1.82, 2.24) is 4.90 Å². The molecule has 1 aromatic rings. The van der Waals surface area contributed by atoms with Gasteiger partial charge in [-0.05, 0) is 79.9 Å². The zero-order chi connectivity index (χ0) is 26.9. The third-order valence-corrected chi connectivity index (χ3v) is 8.77. The van der Waals surface area contributed by atoms with E-state index in [0.29, 0.717) is 26.4 Å². The minimum absolute atomic E-state index is 0.0265. The molecule has 0 N–H and O–H groups in total. The molecule has 4 bridgehead atoms. The zero-order valence-corrected chi connectivity index (χ0v) is 22.4. The summed E-state index contributed by atoms with van der Waals surface area (Å²) in [5.41, 5.74) is -0.783. The maximum atomic E-state index is 13.9. The summed E-state index contributed by atoms with van der Waals surface area (Å²) in [5.74, 6) is 1.02. The molecule has 5 fully saturated rings. The van der Waals surface area contributed by atoms with E-state index in [9.17, 15) is 18.0 Å². The highest BCUT2D eigenvalue weighted by Crippen LogP contribution is 2.60. The molecule has 1 heterocycles. The Morgan fingerprint density at radius 2 is 1.71 bits per heavy atom. The van der Waals surface area contributed by atoms with E-state index in [-0.39, 0.29) is 23.5 Å². The number of rotatable bonds is 10. The number of benzene rings is 1. The lowest BCUT2D eigenvalue weighted by Crippen LogP contribution is -2.49. The summed E-state index contributed by atoms with van der Waals surface area (Å²) in [4.78, 5) is 14.8. The smallest absolute Gasteiger partial charge is 0.419 e. The molecule has 38 heavy (non-hydrogen) atoms. The number of carbonyl (C=O) groups excluding carboxylic acids is 1. The van der Waals surface area contributed by atoms with Gasteiger partial charge in [0.2, 0.25) is 6.29 Å². The molecule has 6 rings (SSSR count). The van der Waals surface area contributed by atoms with Crippen LogP contribution in [0.15, 0.2) is 18.2 Å². The van der Waals surface area contributed by atoms with Crippen molar-refractivity contribution < 1.29 is 36.9 Å². The molecule has 4 saturated carbocycles. The predicted molar refractivity (Wildman–Crippen MR) is 135 cm³/mol. The average molecular weight is 540 g/mol. The van der Waals surface area contributed by atoms with Crippen LogP contribution < -0.4 is 4.74 Å². The van der Waals surface area contributed by atoms with Gasteiger partial charge in [-0.3, -0.25) is 4.90 Å². The van der Waals surface area contributed by atoms with Crippen LogP contribution in [-0.2, 0) is 20.4 Å². The Kier molecular flexibility index (Phi) is 8.27. The number of halogens is 3. The summed E-state index contributed by atoms with van der Waals surface area (Å²) in [7, 11) is 0. The van der Waals surface area contributed by atoms with Crippen molar-refractivity contribution in [1.29, 1.82) is 0 Å². The average Bonchev–Trinajstić information content (AvgIpc) is 2.85. The molecule has 0 aromatic heterocycles. The Balaban J connectivity index is 1.25. The highest BCUT2D eigenvalue weighted by molar-refractivity contribution is 5.90. The molecule has 1 aliphatic heterocycles. The van der Waals surface area contributed by atoms with Crippen LogP contribution >= 0.6 is 0 Å². The van der Waals surface area contributed by atoms with Gasteiger partial charge in [0.15, 0.2) is 0 Å². The molecule has 5 aliphatic rings. The number of ether oxygens (including phenoxy) is 4. The van der Waals surface area contributed by atoms with E-state index < -0.39 is 29.7 Å². The topological polar surface area (TPSA) is 57.2 Å². The van der Waals surface area contributed by atoms with Crippen molar-refractivity contribution in [3.05, 3.63) is 29.3 Å². The fraction of sp³-hybridized carbons (Fsp3) is 0.759. The van der Waals surface area contributed by atoms with E-state index in [1.54, 1.807) is 0 Å². The Morgan fingerprint density at radius 3 is 2.29 bits per heavy atom. The maximum Gasteiger partial charge on any atom is 0.419 e. The first-order valence-electron chi connectivity index (χ1n) is 14.1. The predicted octanol–water partition coefficient (Wildman–Crippen LogP) is 5.79. The van der Waals surface area contributed by atoms with Crippen molar-refractivity contribution in [2.24, 2.45) is 29.1 Å². The van der Waals surface area contributed by atoms with Gasteiger partial charge in [-0.15, -0.1) is 0 Å². The number of hydrogen-bond donors (Lipinski definition) is 0. The first-order chi connectivity index (χ1) is 18.1. The van der Waals surface area contributed by atoms with Gasteiger partial charge < -0.3 is 18.9 Å². The number of esters is 1. The van der Waals surface area contributed by atoms with Crippen molar-refractivity contribution >= 4 is 5.97 Å². The van der Waals surface area contributed by atoms with Crippen LogP contribution in [0.25, 0.3) is 0 Å². The molecule has 1 unspecified atom stereocenters. The van der Waals surface area contributed by atoms with Crippen molar-refractivity contribution in [2.45, 2.75) is 64.8 Å². The summed E-state index contributed by atoms with van der Waals surface area (Å²) in [6.07, 6.45) is 1.89. The van der Waals surface area contributed by atoms with Crippen LogP contribution in [0, 0.1) is 29.1 Å². The Labute approximate surface area is 223 Å². The summed E-state index contributed by atoms with van der Waals surface area (Å²) in [5, 5.41) is 0. The van der Waals surface area contributed by atoms with Crippen molar-refractivity contribution in [2.75, 3.05) is 46.1 Å². The zero-order valence-electron chi connectivity index (χ0n) is 22.4. The summed E-state index contributed by atoms with van der Waals surface area (Å²) in [6.45, 7) is 7.74. The number of carbonyl (C=O) groups is 1. The van der Waals surface area contributed by atoms with Gasteiger partial charge in [-0.25, -0.2) is 4.79 Å². The van der Waals surface area contributed by atoms with Gasteiger partial charge in [0.25, 0.3) is 0 Å². The number of nitrogens with zero attached hydrogens (tertiary/aromatic N) is 1. The normalized spacial score (nSPS) is 30.0. The van der Waals surface area contributed by atoms with Crippen molar-refractivity contribution in [3.8, 4) is 5.75 Å². The molecule has 6 nitrogen and oxygen atoms in total. The molecule has 0 radical (unpaired) electrons. The molecule has 4 aliphatic carbocycles. The highest BCUT2D eigenvalue weighted by atomic mass is 19.4. The highest BCUT2D eigenvalue weighted by Gasteiger charge is 2.51. The first-order valence-corrected chi connectivity index (χ1v) is 14.1. The molecule has 9 heteroatoms. The molecule has 0 spiro atoms. The van der Waals surface area contributed by atoms with E-state index in [1.807, 2.05) is 13.8 Å². The summed E-state index contributed by atoms with van der Waals surface area (Å²) < 4.78 is 64.5. The van der Waals surface area contributed by atoms with Gasteiger partial charge in [-0.2, -0.15) is 13.2 Å². The minimum atomic E-state index is -4.63. The molecular weight excluding hydrogens is 499 g/mol. The standard InChI is InChI=1S/C29H40F3NO5/c1-19(2)27(37-18-28-15-20-11-21(16-28)13-22(12-20)17-28)38-25-14-23(3-4-24(25)29(30,31)32)26(34)36-10-7-33-5-8-35-9-6-33/h3-4,14,19-22,27H,5-13,15-18H2,1-2H3. The summed E-state index contributed by atoms with van der Waals surface area (Å²) in [6, 6.07) is 3.18. The fourth-order valence-electron chi connectivity index (χ4n) is 7.37. The van der Waals surface area contributed by atoms with Gasteiger partial charge >= 0.3 is 12.1 Å². The number of alkyl halides is 3. The van der Waals surface area contributed by atoms with Gasteiger partial charge in [-0.1, -0.05) is 13.8 Å². The SMILES string of the molecule is CC(C)C(OCC12CC3CC(CC(C3)C1)C2)Oc1cc(C(=O)OCCN2CCOCC2)ccc1C(F)(F)F. The first kappa shape index (κ1) is 27.7. The monoisotopic (exact) mass is 539 g/mol. The van der Waals surface area contributed by atoms with Crippen LogP contribution in [0.4, 0.5) is 13.2 Å². The van der Waals surface area contributed by atoms with E-state index >= 15 is 0 Å². The van der Waals surface area contributed by atoms with Gasteiger partial charge in [0.05, 0.1) is 30.9 Å². The third-order valence-electron chi connectivity index (χ3n) is 8.77. The second kappa shape index (κ2) is 11.3. The number of morpholine rings is 1. The quantitative estimate of drug-likeness (QED) is 0.277. The molecular formula is C29H40F3NO5. The summed E-state index contributed by atoms with van der Waals surface area (Å²) >= 11 is 0. The second-order valence-electron chi connectivity index (χ2n) is 12.3. The van der Waals surface area contributed by atoms with Gasteiger partial charge in [0.1, 0.15) is 12.4 Å². The largest absolute Gasteiger partial charge is 0.464 e. The lowest BCUT2D eigenvalue weighted by atomic mass is 9.50. The van der Waals surface area contributed by atoms with Crippen LogP contribution in [-0.4, -0.2) is 63.2 Å². The van der Waals surface area contributed by atoms with E-state index in [2.05, 4.69) is 4.90 Å². The van der Waals surface area contributed by atoms with Crippen molar-refractivity contribution in [3.63, 3.8) is 0 Å². The van der Waals surface area contributed by atoms with Crippen LogP contribution in [0.3, 0.4) is 0 Å². The van der Waals surface area contributed by atoms with E-state index in [1.165, 1.54) is 19.3 Å². The minimum Gasteiger partial charge on any atom is -0.464 e. The molecule has 1 aromatic carbocycles. The van der Waals surface area contributed by atoms with E-state index in [4.69, 9.17) is 18.9 Å². The van der Waals surface area contributed by atoms with E-state index in [0.717, 1.165) is 68.3 Å². The fourth-order valence-corrected chi connectivity index (χ4v) is 7.37. The Hall–Kier alpha value is -1.84. The maximum absolute atomic E-state index is 13.9. The Bertz CT molecular complexity index is 940. The number of hydrogen-bond acceptors (Lipinski definition) is 6. The van der Waals surface area contributed by atoms with Crippen LogP contribution in [0.5, 0.6) is 5.75 Å². The molecule has 0 amide bonds. The molecule has 1 saturated heterocycles. The van der Waals surface area contributed by atoms with Crippen LogP contribution in [0.2, 0.25) is 0 Å². The second-order valence-corrected chi connectivity index (χ2v) is 12.3. The van der Waals surface area contributed by atoms with Gasteiger partial charge in [0, 0.05) is 25.6 Å². The third kappa shape index (κ3) is 6.48. The molecule has 1 atom stereocenters. The van der Waals surface area contributed by atoms with Crippen LogP contribution in [0.1, 0.15) is 68.3 Å². The molecule has 212 valence electrons.